The van der Waals surface area contributed by atoms with Crippen molar-refractivity contribution in [2.75, 3.05) is 20.3 Å². The first kappa shape index (κ1) is 18.0. The van der Waals surface area contributed by atoms with Crippen LogP contribution in [0, 0.1) is 0 Å². The average Bonchev–Trinajstić information content (AvgIpc) is 2.50. The number of ether oxygens (including phenoxy) is 2. The van der Waals surface area contributed by atoms with E-state index in [1.807, 2.05) is 36.4 Å². The van der Waals surface area contributed by atoms with Crippen molar-refractivity contribution >= 4 is 19.4 Å². The molecule has 0 atom stereocenters. The normalized spacial score (nSPS) is 11.4. The predicted molar refractivity (Wildman–Crippen MR) is 90.1 cm³/mol. The van der Waals surface area contributed by atoms with Gasteiger partial charge in [0.15, 0.2) is 0 Å². The Morgan fingerprint density at radius 3 is 2.04 bits per heavy atom. The van der Waals surface area contributed by atoms with Crippen molar-refractivity contribution in [3.63, 3.8) is 0 Å². The average molecular weight is 354 g/mol. The van der Waals surface area contributed by atoms with E-state index in [0.717, 1.165) is 15.5 Å². The summed E-state index contributed by atoms with van der Waals surface area (Å²) >= 11 is 1.58. The molecule has 5 nitrogen and oxygen atoms in total. The second kappa shape index (κ2) is 8.52. The zero-order valence-corrected chi connectivity index (χ0v) is 14.4. The molecule has 2 N–H and O–H groups in total. The van der Waals surface area contributed by atoms with E-state index in [1.54, 1.807) is 31.0 Å². The minimum Gasteiger partial charge on any atom is -0.491 e. The molecule has 23 heavy (non-hydrogen) atoms. The van der Waals surface area contributed by atoms with E-state index in [2.05, 4.69) is 0 Å². The van der Waals surface area contributed by atoms with Crippen molar-refractivity contribution in [2.24, 2.45) is 0 Å². The third-order valence-electron chi connectivity index (χ3n) is 2.93. The number of benzene rings is 2. The van der Waals surface area contributed by atoms with Gasteiger partial charge in [-0.1, -0.05) is 23.9 Å². The molecule has 0 aliphatic rings. The molecule has 0 aliphatic carbocycles. The first-order valence-corrected chi connectivity index (χ1v) is 9.61. The Labute approximate surface area is 139 Å². The lowest BCUT2D eigenvalue weighted by Crippen LogP contribution is -2.03. The second-order valence-electron chi connectivity index (χ2n) is 4.88. The Kier molecular flexibility index (Phi) is 6.69. The van der Waals surface area contributed by atoms with Gasteiger partial charge >= 0.3 is 7.60 Å². The monoisotopic (exact) mass is 354 g/mol. The zero-order chi connectivity index (χ0) is 16.7. The first-order chi connectivity index (χ1) is 11.0. The molecule has 7 heteroatoms. The lowest BCUT2D eigenvalue weighted by Gasteiger charge is -2.07. The van der Waals surface area contributed by atoms with Crippen LogP contribution in [0.15, 0.2) is 58.3 Å². The Balaban J connectivity index is 1.92. The largest absolute Gasteiger partial charge is 0.491 e. The van der Waals surface area contributed by atoms with E-state index in [-0.39, 0.29) is 6.16 Å². The number of hydrogen-bond donors (Lipinski definition) is 2. The fourth-order valence-corrected chi connectivity index (χ4v) is 3.39. The topological polar surface area (TPSA) is 76.0 Å². The van der Waals surface area contributed by atoms with E-state index < -0.39 is 7.60 Å². The van der Waals surface area contributed by atoms with Crippen LogP contribution in [-0.4, -0.2) is 30.1 Å². The fraction of sp³-hybridized carbons (Fsp3) is 0.250. The van der Waals surface area contributed by atoms with Crippen molar-refractivity contribution in [3.05, 3.63) is 54.1 Å². The standard InChI is InChI=1S/C16H19O5PS/c1-20-10-11-21-14-4-8-16(9-5-14)23-15-6-2-13(3-7-15)12-22(17,18)19/h2-9H,10-12H2,1H3,(H2,17,18,19). The first-order valence-electron chi connectivity index (χ1n) is 6.99. The summed E-state index contributed by atoms with van der Waals surface area (Å²) in [6.07, 6.45) is -0.231. The molecule has 0 radical (unpaired) electrons. The van der Waals surface area contributed by atoms with Gasteiger partial charge in [-0.15, -0.1) is 0 Å². The highest BCUT2D eigenvalue weighted by Crippen LogP contribution is 2.39. The highest BCUT2D eigenvalue weighted by Gasteiger charge is 2.13. The van der Waals surface area contributed by atoms with E-state index in [4.69, 9.17) is 19.3 Å². The highest BCUT2D eigenvalue weighted by atomic mass is 32.2. The van der Waals surface area contributed by atoms with Crippen LogP contribution in [0.5, 0.6) is 5.75 Å². The Morgan fingerprint density at radius 2 is 1.52 bits per heavy atom. The van der Waals surface area contributed by atoms with Crippen LogP contribution in [0.4, 0.5) is 0 Å². The van der Waals surface area contributed by atoms with Gasteiger partial charge in [-0.2, -0.15) is 0 Å². The number of rotatable bonds is 8. The molecular weight excluding hydrogens is 335 g/mol. The van der Waals surface area contributed by atoms with Gasteiger partial charge in [0.2, 0.25) is 0 Å². The van der Waals surface area contributed by atoms with E-state index in [1.165, 1.54) is 0 Å². The summed E-state index contributed by atoms with van der Waals surface area (Å²) in [6, 6.07) is 14.9. The van der Waals surface area contributed by atoms with Crippen LogP contribution >= 0.6 is 19.4 Å². The molecule has 0 unspecified atom stereocenters. The highest BCUT2D eigenvalue weighted by molar-refractivity contribution is 7.99. The summed E-state index contributed by atoms with van der Waals surface area (Å²) in [7, 11) is -2.38. The Morgan fingerprint density at radius 1 is 0.957 bits per heavy atom. The Bertz CT molecular complexity index is 651. The van der Waals surface area contributed by atoms with Crippen LogP contribution < -0.4 is 4.74 Å². The smallest absolute Gasteiger partial charge is 0.329 e. The maximum absolute atomic E-state index is 11.0. The summed E-state index contributed by atoms with van der Waals surface area (Å²) in [5.74, 6) is 0.795. The Hall–Kier alpha value is -1.30. The maximum Gasteiger partial charge on any atom is 0.329 e. The summed E-state index contributed by atoms with van der Waals surface area (Å²) in [5.41, 5.74) is 0.629. The molecule has 0 spiro atoms. The molecule has 124 valence electrons. The van der Waals surface area contributed by atoms with Crippen molar-refractivity contribution in [3.8, 4) is 5.75 Å². The van der Waals surface area contributed by atoms with Gasteiger partial charge in [0.25, 0.3) is 0 Å². The molecule has 2 aromatic carbocycles. The van der Waals surface area contributed by atoms with Crippen molar-refractivity contribution < 1.29 is 23.8 Å². The van der Waals surface area contributed by atoms with Crippen molar-refractivity contribution in [1.29, 1.82) is 0 Å². The van der Waals surface area contributed by atoms with Crippen LogP contribution in [-0.2, 0) is 15.5 Å². The summed E-state index contributed by atoms with van der Waals surface area (Å²) in [5, 5.41) is 0. The van der Waals surface area contributed by atoms with Gasteiger partial charge < -0.3 is 19.3 Å². The van der Waals surface area contributed by atoms with Crippen LogP contribution in [0.2, 0.25) is 0 Å². The van der Waals surface area contributed by atoms with Gasteiger partial charge in [-0.3, -0.25) is 4.57 Å². The number of methoxy groups -OCH3 is 1. The zero-order valence-electron chi connectivity index (χ0n) is 12.7. The molecular formula is C16H19O5PS. The van der Waals surface area contributed by atoms with Gasteiger partial charge in [-0.05, 0) is 42.0 Å². The van der Waals surface area contributed by atoms with Gasteiger partial charge in [0.1, 0.15) is 12.4 Å². The van der Waals surface area contributed by atoms with Crippen molar-refractivity contribution in [1.82, 2.24) is 0 Å². The maximum atomic E-state index is 11.0. The lowest BCUT2D eigenvalue weighted by molar-refractivity contribution is 0.146. The molecule has 0 fully saturated rings. The number of hydrogen-bond acceptors (Lipinski definition) is 4. The molecule has 0 aliphatic heterocycles. The summed E-state index contributed by atoms with van der Waals surface area (Å²) in [4.78, 5) is 20.0. The van der Waals surface area contributed by atoms with E-state index >= 15 is 0 Å². The summed E-state index contributed by atoms with van der Waals surface area (Å²) < 4.78 is 21.4. The molecule has 0 saturated carbocycles. The van der Waals surface area contributed by atoms with Gasteiger partial charge in [0, 0.05) is 16.9 Å². The molecule has 0 saturated heterocycles. The third kappa shape index (κ3) is 6.77. The third-order valence-corrected chi connectivity index (χ3v) is 4.72. The predicted octanol–water partition coefficient (Wildman–Crippen LogP) is 3.54. The van der Waals surface area contributed by atoms with Gasteiger partial charge in [0.05, 0.1) is 12.8 Å². The lowest BCUT2D eigenvalue weighted by atomic mass is 10.2. The molecule has 0 bridgehead atoms. The van der Waals surface area contributed by atoms with E-state index in [0.29, 0.717) is 18.8 Å². The minimum absolute atomic E-state index is 0.231. The SMILES string of the molecule is COCCOc1ccc(Sc2ccc(CP(=O)(O)O)cc2)cc1. The molecule has 0 aromatic heterocycles. The fourth-order valence-electron chi connectivity index (χ4n) is 1.88. The van der Waals surface area contributed by atoms with Crippen LogP contribution in [0.1, 0.15) is 5.56 Å². The van der Waals surface area contributed by atoms with Crippen molar-refractivity contribution in [2.45, 2.75) is 16.0 Å². The van der Waals surface area contributed by atoms with E-state index in [9.17, 15) is 4.57 Å². The van der Waals surface area contributed by atoms with Gasteiger partial charge in [-0.25, -0.2) is 0 Å². The van der Waals surface area contributed by atoms with Crippen LogP contribution in [0.25, 0.3) is 0 Å². The molecule has 2 aromatic rings. The molecule has 0 amide bonds. The quantitative estimate of drug-likeness (QED) is 0.558. The summed E-state index contributed by atoms with van der Waals surface area (Å²) in [6.45, 7) is 1.07. The van der Waals surface area contributed by atoms with Crippen LogP contribution in [0.3, 0.4) is 0 Å². The molecule has 2 rings (SSSR count). The second-order valence-corrected chi connectivity index (χ2v) is 7.67. The minimum atomic E-state index is -4.02. The molecule has 0 heterocycles.